The van der Waals surface area contributed by atoms with Gasteiger partial charge in [0.25, 0.3) is 0 Å². The van der Waals surface area contributed by atoms with Gasteiger partial charge in [-0.05, 0) is 42.7 Å². The third kappa shape index (κ3) is 4.96. The average molecular weight is 372 g/mol. The Kier molecular flexibility index (Phi) is 6.98. The van der Waals surface area contributed by atoms with Crippen molar-refractivity contribution >= 4 is 35.2 Å². The molecule has 2 aromatic carbocycles. The lowest BCUT2D eigenvalue weighted by Crippen LogP contribution is -2.11. The van der Waals surface area contributed by atoms with Gasteiger partial charge in [0.15, 0.2) is 0 Å². The first-order valence-electron chi connectivity index (χ1n) is 8.43. The minimum Gasteiger partial charge on any atom is -0.506 e. The van der Waals surface area contributed by atoms with Crippen LogP contribution in [-0.4, -0.2) is 23.9 Å². The summed E-state index contributed by atoms with van der Waals surface area (Å²) in [7, 11) is 0. The summed E-state index contributed by atoms with van der Waals surface area (Å²) in [5.41, 5.74) is 2.17. The fourth-order valence-electron chi connectivity index (χ4n) is 2.30. The van der Waals surface area contributed by atoms with Crippen LogP contribution in [0.1, 0.15) is 37.8 Å². The predicted molar refractivity (Wildman–Crippen MR) is 106 cm³/mol. The van der Waals surface area contributed by atoms with E-state index in [0.717, 1.165) is 0 Å². The van der Waals surface area contributed by atoms with E-state index in [2.05, 4.69) is 18.8 Å². The van der Waals surface area contributed by atoms with Crippen LogP contribution >= 0.6 is 11.6 Å². The molecule has 0 atom stereocenters. The van der Waals surface area contributed by atoms with Gasteiger partial charge >= 0.3 is 5.97 Å². The van der Waals surface area contributed by atoms with Crippen LogP contribution in [0.2, 0.25) is 5.02 Å². The molecule has 0 bridgehead atoms. The first-order chi connectivity index (χ1) is 12.4. The summed E-state index contributed by atoms with van der Waals surface area (Å²) >= 11 is 6.12. The molecule has 0 heterocycles. The van der Waals surface area contributed by atoms with E-state index in [0.29, 0.717) is 22.2 Å². The molecule has 0 spiro atoms. The number of nitrogens with zero attached hydrogens (tertiary/aromatic N) is 1. The van der Waals surface area contributed by atoms with E-state index >= 15 is 0 Å². The number of hydrogen-bond acceptors (Lipinski definition) is 4. The lowest BCUT2D eigenvalue weighted by molar-refractivity contribution is -0.137. The summed E-state index contributed by atoms with van der Waals surface area (Å²) in [5, 5.41) is 10.9. The van der Waals surface area contributed by atoms with E-state index < -0.39 is 5.97 Å². The molecule has 0 amide bonds. The van der Waals surface area contributed by atoms with Gasteiger partial charge in [0, 0.05) is 11.8 Å². The Hall–Kier alpha value is -2.59. The molecule has 26 heavy (non-hydrogen) atoms. The molecule has 0 fully saturated rings. The molecule has 2 rings (SSSR count). The molecule has 5 heteroatoms. The molecule has 0 saturated carbocycles. The number of carbonyl (C=O) groups is 1. The van der Waals surface area contributed by atoms with Crippen molar-refractivity contribution in [2.75, 3.05) is 6.61 Å². The fourth-order valence-corrected chi connectivity index (χ4v) is 2.53. The van der Waals surface area contributed by atoms with Crippen LogP contribution in [0.25, 0.3) is 5.76 Å². The second-order valence-electron chi connectivity index (χ2n) is 5.97. The van der Waals surface area contributed by atoms with Crippen molar-refractivity contribution in [3.8, 4) is 0 Å². The standard InChI is InChI=1S/C21H22ClNO3/c1-4-26-21(25)18(20(24)17-7-5-6-8-19(17)22)13-23-16-11-9-15(10-12-16)14(2)3/h5-14,24H,4H2,1-3H3. The maximum Gasteiger partial charge on any atom is 0.343 e. The van der Waals surface area contributed by atoms with Crippen molar-refractivity contribution in [2.24, 2.45) is 4.99 Å². The molecule has 0 aliphatic rings. The third-order valence-corrected chi connectivity index (χ3v) is 4.11. The minimum atomic E-state index is -0.660. The van der Waals surface area contributed by atoms with E-state index in [1.807, 2.05) is 24.3 Å². The summed E-state index contributed by atoms with van der Waals surface area (Å²) in [4.78, 5) is 16.6. The second-order valence-corrected chi connectivity index (χ2v) is 6.37. The highest BCUT2D eigenvalue weighted by molar-refractivity contribution is 6.32. The van der Waals surface area contributed by atoms with Crippen LogP contribution in [0.4, 0.5) is 5.69 Å². The summed E-state index contributed by atoms with van der Waals surface area (Å²) in [6, 6.07) is 14.4. The molecule has 4 nitrogen and oxygen atoms in total. The zero-order valence-corrected chi connectivity index (χ0v) is 15.8. The summed E-state index contributed by atoms with van der Waals surface area (Å²) in [6.45, 7) is 6.11. The molecule has 0 aliphatic carbocycles. The number of aliphatic hydroxyl groups is 1. The molecule has 0 aliphatic heterocycles. The zero-order chi connectivity index (χ0) is 19.1. The summed E-state index contributed by atoms with van der Waals surface area (Å²) in [5.74, 6) is -0.503. The lowest BCUT2D eigenvalue weighted by Gasteiger charge is -2.08. The van der Waals surface area contributed by atoms with E-state index in [1.165, 1.54) is 11.8 Å². The number of benzene rings is 2. The Balaban J connectivity index is 2.40. The van der Waals surface area contributed by atoms with Gasteiger partial charge in [0.2, 0.25) is 0 Å². The third-order valence-electron chi connectivity index (χ3n) is 3.78. The fraction of sp³-hybridized carbons (Fsp3) is 0.238. The largest absolute Gasteiger partial charge is 0.506 e. The summed E-state index contributed by atoms with van der Waals surface area (Å²) in [6.07, 6.45) is 1.31. The Morgan fingerprint density at radius 1 is 1.19 bits per heavy atom. The van der Waals surface area contributed by atoms with Gasteiger partial charge in [0.05, 0.1) is 17.3 Å². The van der Waals surface area contributed by atoms with Crippen LogP contribution in [0, 0.1) is 0 Å². The lowest BCUT2D eigenvalue weighted by atomic mass is 10.0. The molecule has 2 aromatic rings. The number of ether oxygens (including phenoxy) is 1. The molecule has 136 valence electrons. The first kappa shape index (κ1) is 19.7. The van der Waals surface area contributed by atoms with Crippen LogP contribution < -0.4 is 0 Å². The van der Waals surface area contributed by atoms with Crippen molar-refractivity contribution in [2.45, 2.75) is 26.7 Å². The molecule has 0 unspecified atom stereocenters. The van der Waals surface area contributed by atoms with E-state index in [-0.39, 0.29) is 17.9 Å². The van der Waals surface area contributed by atoms with Crippen LogP contribution in [0.15, 0.2) is 59.1 Å². The second kappa shape index (κ2) is 9.20. The van der Waals surface area contributed by atoms with Crippen LogP contribution in [0.3, 0.4) is 0 Å². The molecule has 1 N–H and O–H groups in total. The van der Waals surface area contributed by atoms with Gasteiger partial charge in [0.1, 0.15) is 11.3 Å². The Bertz CT molecular complexity index is 823. The van der Waals surface area contributed by atoms with E-state index in [9.17, 15) is 9.90 Å². The molecule has 0 aromatic heterocycles. The number of halogens is 1. The number of carbonyl (C=O) groups excluding carboxylic acids is 1. The van der Waals surface area contributed by atoms with Gasteiger partial charge in [-0.3, -0.25) is 4.99 Å². The number of aliphatic imine (C=N–C) groups is 1. The quantitative estimate of drug-likeness (QED) is 0.307. The smallest absolute Gasteiger partial charge is 0.343 e. The highest BCUT2D eigenvalue weighted by atomic mass is 35.5. The Labute approximate surface area is 158 Å². The average Bonchev–Trinajstić information content (AvgIpc) is 2.62. The van der Waals surface area contributed by atoms with Crippen molar-refractivity contribution in [1.29, 1.82) is 0 Å². The van der Waals surface area contributed by atoms with Gasteiger partial charge in [-0.25, -0.2) is 4.79 Å². The van der Waals surface area contributed by atoms with Gasteiger partial charge in [-0.1, -0.05) is 49.7 Å². The van der Waals surface area contributed by atoms with E-state index in [4.69, 9.17) is 16.3 Å². The van der Waals surface area contributed by atoms with Crippen molar-refractivity contribution in [3.05, 3.63) is 70.3 Å². The Morgan fingerprint density at radius 3 is 2.42 bits per heavy atom. The van der Waals surface area contributed by atoms with Crippen molar-refractivity contribution in [1.82, 2.24) is 0 Å². The number of rotatable bonds is 6. The highest BCUT2D eigenvalue weighted by Crippen LogP contribution is 2.25. The molecular weight excluding hydrogens is 350 g/mol. The SMILES string of the molecule is CCOC(=O)C(C=Nc1ccc(C(C)C)cc1)=C(O)c1ccccc1Cl. The maximum atomic E-state index is 12.3. The molecular formula is C21H22ClNO3. The topological polar surface area (TPSA) is 58.9 Å². The normalized spacial score (nSPS) is 12.3. The monoisotopic (exact) mass is 371 g/mol. The van der Waals surface area contributed by atoms with Crippen molar-refractivity contribution in [3.63, 3.8) is 0 Å². The van der Waals surface area contributed by atoms with E-state index in [1.54, 1.807) is 31.2 Å². The Morgan fingerprint density at radius 2 is 1.85 bits per heavy atom. The number of hydrogen-bond donors (Lipinski definition) is 1. The first-order valence-corrected chi connectivity index (χ1v) is 8.81. The van der Waals surface area contributed by atoms with Gasteiger partial charge in [-0.15, -0.1) is 0 Å². The van der Waals surface area contributed by atoms with Gasteiger partial charge < -0.3 is 9.84 Å². The van der Waals surface area contributed by atoms with Crippen LogP contribution in [0.5, 0.6) is 0 Å². The van der Waals surface area contributed by atoms with Crippen molar-refractivity contribution < 1.29 is 14.6 Å². The summed E-state index contributed by atoms with van der Waals surface area (Å²) < 4.78 is 5.03. The van der Waals surface area contributed by atoms with Gasteiger partial charge in [-0.2, -0.15) is 0 Å². The minimum absolute atomic E-state index is 0.0483. The predicted octanol–water partition coefficient (Wildman–Crippen LogP) is 5.70. The number of aliphatic hydroxyl groups excluding tert-OH is 1. The number of esters is 1. The molecule has 0 saturated heterocycles. The molecule has 0 radical (unpaired) electrons. The van der Waals surface area contributed by atoms with Crippen LogP contribution in [-0.2, 0) is 9.53 Å². The maximum absolute atomic E-state index is 12.3. The highest BCUT2D eigenvalue weighted by Gasteiger charge is 2.18. The zero-order valence-electron chi connectivity index (χ0n) is 15.1.